The number of aromatic hydroxyl groups is 1. The fourth-order valence-electron chi connectivity index (χ4n) is 3.90. The number of carbonyl (C=O) groups is 3. The molecule has 170 valence electrons. The number of hydrogen-bond acceptors (Lipinski definition) is 6. The molecule has 1 aromatic heterocycles. The lowest BCUT2D eigenvalue weighted by Crippen LogP contribution is -2.48. The van der Waals surface area contributed by atoms with Crippen molar-refractivity contribution in [2.75, 3.05) is 33.3 Å². The quantitative estimate of drug-likeness (QED) is 0.472. The van der Waals surface area contributed by atoms with E-state index in [0.29, 0.717) is 38.0 Å². The highest BCUT2D eigenvalue weighted by Crippen LogP contribution is 2.32. The van der Waals surface area contributed by atoms with Gasteiger partial charge in [0.25, 0.3) is 5.91 Å². The van der Waals surface area contributed by atoms with E-state index in [1.54, 1.807) is 34.2 Å². The maximum absolute atomic E-state index is 13.4. The average molecular weight is 451 g/mol. The molecule has 9 heteroatoms. The van der Waals surface area contributed by atoms with Crippen LogP contribution in [-0.4, -0.2) is 71.5 Å². The predicted octanol–water partition coefficient (Wildman–Crippen LogP) is 2.37. The molecule has 0 aliphatic carbocycles. The van der Waals surface area contributed by atoms with Crippen LogP contribution in [-0.2, 0) is 16.0 Å². The number of phenols is 1. The number of rotatable bonds is 5. The number of halogens is 1. The number of phenolic OH excluding ortho intramolecular Hbond substituents is 1. The number of amides is 2. The number of methoxy groups -OCH3 is 1. The van der Waals surface area contributed by atoms with Crippen molar-refractivity contribution < 1.29 is 28.6 Å². The van der Waals surface area contributed by atoms with E-state index in [2.05, 4.69) is 4.98 Å². The van der Waals surface area contributed by atoms with Crippen LogP contribution in [0.4, 0.5) is 4.39 Å². The van der Waals surface area contributed by atoms with E-state index in [9.17, 15) is 23.9 Å². The molecule has 1 aliphatic heterocycles. The highest BCUT2D eigenvalue weighted by Gasteiger charge is 2.27. The second kappa shape index (κ2) is 9.23. The molecule has 1 saturated heterocycles. The molecular weight excluding hydrogens is 429 g/mol. The Morgan fingerprint density at radius 2 is 1.79 bits per heavy atom. The Morgan fingerprint density at radius 3 is 2.42 bits per heavy atom. The Kier molecular flexibility index (Phi) is 6.21. The Bertz CT molecular complexity index is 1220. The predicted molar refractivity (Wildman–Crippen MR) is 117 cm³/mol. The van der Waals surface area contributed by atoms with Gasteiger partial charge in [0.2, 0.25) is 6.41 Å². The number of esters is 1. The summed E-state index contributed by atoms with van der Waals surface area (Å²) in [7, 11) is 1.19. The lowest BCUT2D eigenvalue weighted by molar-refractivity contribution is -0.119. The van der Waals surface area contributed by atoms with Gasteiger partial charge in [-0.2, -0.15) is 0 Å². The number of hydrogen-bond donors (Lipinski definition) is 1. The molecule has 1 fully saturated rings. The SMILES string of the molecule is COC(=O)c1cc(C(=O)N2CCN(C=O)CC2)c2cc(Cc3ccc(F)cc3)cnc2c1O. The molecule has 0 radical (unpaired) electrons. The van der Waals surface area contributed by atoms with Gasteiger partial charge in [-0.1, -0.05) is 12.1 Å². The second-order valence-corrected chi connectivity index (χ2v) is 7.79. The minimum absolute atomic E-state index is 0.107. The van der Waals surface area contributed by atoms with Crippen molar-refractivity contribution in [1.29, 1.82) is 0 Å². The summed E-state index contributed by atoms with van der Waals surface area (Å²) in [5.41, 5.74) is 1.76. The van der Waals surface area contributed by atoms with Gasteiger partial charge < -0.3 is 19.6 Å². The standard InChI is InChI=1S/C24H22FN3O5/c1-33-24(32)20-12-19(23(31)28-8-6-27(14-29)7-9-28)18-11-16(13-26-21(18)22(20)30)10-15-2-4-17(25)5-3-15/h2-5,11-14,30H,6-10H2,1H3. The molecule has 0 unspecified atom stereocenters. The van der Waals surface area contributed by atoms with Crippen LogP contribution in [0.25, 0.3) is 10.9 Å². The van der Waals surface area contributed by atoms with Crippen LogP contribution in [0.3, 0.4) is 0 Å². The first kappa shape index (κ1) is 22.2. The number of nitrogens with zero attached hydrogens (tertiary/aromatic N) is 3. The zero-order valence-electron chi connectivity index (χ0n) is 18.0. The normalized spacial score (nSPS) is 13.8. The zero-order chi connectivity index (χ0) is 23.5. The maximum Gasteiger partial charge on any atom is 0.341 e. The molecular formula is C24H22FN3O5. The molecule has 2 amide bonds. The monoisotopic (exact) mass is 451 g/mol. The molecule has 0 spiro atoms. The van der Waals surface area contributed by atoms with Gasteiger partial charge in [0.15, 0.2) is 5.75 Å². The first-order chi connectivity index (χ1) is 15.9. The summed E-state index contributed by atoms with van der Waals surface area (Å²) in [6.45, 7) is 1.50. The second-order valence-electron chi connectivity index (χ2n) is 7.79. The van der Waals surface area contributed by atoms with E-state index >= 15 is 0 Å². The number of ether oxygens (including phenoxy) is 1. The highest BCUT2D eigenvalue weighted by molar-refractivity contribution is 6.11. The van der Waals surface area contributed by atoms with E-state index in [-0.39, 0.29) is 34.1 Å². The van der Waals surface area contributed by atoms with Crippen molar-refractivity contribution in [3.63, 3.8) is 0 Å². The first-order valence-corrected chi connectivity index (χ1v) is 10.4. The number of benzene rings is 2. The van der Waals surface area contributed by atoms with Gasteiger partial charge in [-0.25, -0.2) is 9.18 Å². The minimum Gasteiger partial charge on any atom is -0.505 e. The third-order valence-corrected chi connectivity index (χ3v) is 5.71. The van der Waals surface area contributed by atoms with Crippen LogP contribution < -0.4 is 0 Å². The van der Waals surface area contributed by atoms with Crippen LogP contribution in [0.1, 0.15) is 31.8 Å². The molecule has 0 bridgehead atoms. The number of aromatic nitrogens is 1. The lowest BCUT2D eigenvalue weighted by Gasteiger charge is -2.32. The molecule has 4 rings (SSSR count). The summed E-state index contributed by atoms with van der Waals surface area (Å²) in [5, 5.41) is 11.1. The minimum atomic E-state index is -0.786. The van der Waals surface area contributed by atoms with Crippen molar-refractivity contribution in [3.05, 3.63) is 70.7 Å². The molecule has 2 aromatic carbocycles. The highest BCUT2D eigenvalue weighted by atomic mass is 19.1. The van der Waals surface area contributed by atoms with Crippen molar-refractivity contribution in [1.82, 2.24) is 14.8 Å². The maximum atomic E-state index is 13.4. The Hall–Kier alpha value is -4.01. The van der Waals surface area contributed by atoms with Gasteiger partial charge in [0.1, 0.15) is 16.9 Å². The van der Waals surface area contributed by atoms with Crippen molar-refractivity contribution >= 4 is 29.2 Å². The largest absolute Gasteiger partial charge is 0.505 e. The molecule has 1 N–H and O–H groups in total. The number of pyridine rings is 1. The van der Waals surface area contributed by atoms with E-state index in [0.717, 1.165) is 17.5 Å². The Balaban J connectivity index is 1.78. The van der Waals surface area contributed by atoms with Gasteiger partial charge in [0, 0.05) is 37.8 Å². The topological polar surface area (TPSA) is 100 Å². The first-order valence-electron chi connectivity index (χ1n) is 10.4. The molecule has 2 heterocycles. The van der Waals surface area contributed by atoms with E-state index in [4.69, 9.17) is 4.74 Å². The van der Waals surface area contributed by atoms with Crippen molar-refractivity contribution in [2.24, 2.45) is 0 Å². The molecule has 0 atom stereocenters. The number of piperazine rings is 1. The molecule has 33 heavy (non-hydrogen) atoms. The summed E-state index contributed by atoms with van der Waals surface area (Å²) in [6.07, 6.45) is 2.73. The molecule has 3 aromatic rings. The average Bonchev–Trinajstić information content (AvgIpc) is 2.85. The van der Waals surface area contributed by atoms with Gasteiger partial charge in [0.05, 0.1) is 12.7 Å². The number of carbonyl (C=O) groups excluding carboxylic acids is 3. The lowest BCUT2D eigenvalue weighted by atomic mass is 9.98. The summed E-state index contributed by atoms with van der Waals surface area (Å²) in [6, 6.07) is 9.12. The fraction of sp³-hybridized carbons (Fsp3) is 0.250. The van der Waals surface area contributed by atoms with E-state index < -0.39 is 5.97 Å². The van der Waals surface area contributed by atoms with Crippen molar-refractivity contribution in [3.8, 4) is 5.75 Å². The van der Waals surface area contributed by atoms with Crippen LogP contribution in [0.2, 0.25) is 0 Å². The van der Waals surface area contributed by atoms with Crippen LogP contribution in [0, 0.1) is 5.82 Å². The van der Waals surface area contributed by atoms with Gasteiger partial charge >= 0.3 is 5.97 Å². The van der Waals surface area contributed by atoms with Crippen LogP contribution in [0.15, 0.2) is 42.6 Å². The van der Waals surface area contributed by atoms with Crippen LogP contribution >= 0.6 is 0 Å². The molecule has 0 saturated carbocycles. The fourth-order valence-corrected chi connectivity index (χ4v) is 3.90. The van der Waals surface area contributed by atoms with Gasteiger partial charge in [-0.3, -0.25) is 14.6 Å². The van der Waals surface area contributed by atoms with E-state index in [1.165, 1.54) is 25.3 Å². The summed E-state index contributed by atoms with van der Waals surface area (Å²) in [4.78, 5) is 44.1. The molecule has 8 nitrogen and oxygen atoms in total. The van der Waals surface area contributed by atoms with E-state index in [1.807, 2.05) is 0 Å². The Morgan fingerprint density at radius 1 is 1.09 bits per heavy atom. The third kappa shape index (κ3) is 4.48. The third-order valence-electron chi connectivity index (χ3n) is 5.71. The van der Waals surface area contributed by atoms with Crippen LogP contribution in [0.5, 0.6) is 5.75 Å². The Labute approximate surface area is 189 Å². The summed E-state index contributed by atoms with van der Waals surface area (Å²) >= 11 is 0. The smallest absolute Gasteiger partial charge is 0.341 e. The summed E-state index contributed by atoms with van der Waals surface area (Å²) < 4.78 is 18.0. The summed E-state index contributed by atoms with van der Waals surface area (Å²) in [5.74, 6) is -1.83. The zero-order valence-corrected chi connectivity index (χ0v) is 18.0. The number of fused-ring (bicyclic) bond motifs is 1. The van der Waals surface area contributed by atoms with Crippen molar-refractivity contribution in [2.45, 2.75) is 6.42 Å². The molecule has 1 aliphatic rings. The van der Waals surface area contributed by atoms with Gasteiger partial charge in [-0.05, 0) is 41.8 Å². The van der Waals surface area contributed by atoms with Gasteiger partial charge in [-0.15, -0.1) is 0 Å².